The normalized spacial score (nSPS) is 10.8. The number of hydrogen-bond acceptors (Lipinski definition) is 3. The van der Waals surface area contributed by atoms with Gasteiger partial charge in [-0.1, -0.05) is 36.4 Å². The second-order valence-corrected chi connectivity index (χ2v) is 4.67. The zero-order valence-electron chi connectivity index (χ0n) is 11.4. The van der Waals surface area contributed by atoms with Gasteiger partial charge in [-0.2, -0.15) is 0 Å². The minimum atomic E-state index is -0.531. The van der Waals surface area contributed by atoms with E-state index in [4.69, 9.17) is 4.42 Å². The van der Waals surface area contributed by atoms with Gasteiger partial charge in [0.15, 0.2) is 11.6 Å². The van der Waals surface area contributed by atoms with Crippen LogP contribution in [0.2, 0.25) is 0 Å². The molecule has 0 spiro atoms. The first-order valence-electron chi connectivity index (χ1n) is 6.52. The molecule has 0 N–H and O–H groups in total. The van der Waals surface area contributed by atoms with Gasteiger partial charge >= 0.3 is 5.97 Å². The van der Waals surface area contributed by atoms with Crippen LogP contribution in [0.3, 0.4) is 0 Å². The third-order valence-corrected chi connectivity index (χ3v) is 3.33. The van der Waals surface area contributed by atoms with Crippen LogP contribution in [0.1, 0.15) is 5.76 Å². The van der Waals surface area contributed by atoms with E-state index in [1.165, 1.54) is 7.11 Å². The van der Waals surface area contributed by atoms with E-state index < -0.39 is 11.8 Å². The maximum Gasteiger partial charge on any atom is 0.313 e. The lowest BCUT2D eigenvalue weighted by Gasteiger charge is -2.00. The van der Waals surface area contributed by atoms with E-state index >= 15 is 0 Å². The van der Waals surface area contributed by atoms with Gasteiger partial charge in [-0.25, -0.2) is 4.39 Å². The average Bonchev–Trinajstić information content (AvgIpc) is 2.84. The number of methoxy groups -OCH3 is 1. The van der Waals surface area contributed by atoms with Gasteiger partial charge in [0.2, 0.25) is 0 Å². The second kappa shape index (κ2) is 5.40. The molecule has 0 aliphatic rings. The lowest BCUT2D eigenvalue weighted by Crippen LogP contribution is -2.04. The Morgan fingerprint density at radius 2 is 1.90 bits per heavy atom. The average molecular weight is 284 g/mol. The lowest BCUT2D eigenvalue weighted by molar-refractivity contribution is -0.140. The molecular weight excluding hydrogens is 271 g/mol. The minimum absolute atomic E-state index is 0.00191. The Kier molecular flexibility index (Phi) is 3.44. The van der Waals surface area contributed by atoms with Gasteiger partial charge in [0.1, 0.15) is 12.0 Å². The van der Waals surface area contributed by atoms with Crippen molar-refractivity contribution in [2.75, 3.05) is 7.11 Å². The Labute approximate surface area is 120 Å². The van der Waals surface area contributed by atoms with Gasteiger partial charge in [-0.05, 0) is 23.3 Å². The molecule has 21 heavy (non-hydrogen) atoms. The number of esters is 1. The van der Waals surface area contributed by atoms with Crippen LogP contribution >= 0.6 is 0 Å². The van der Waals surface area contributed by atoms with Gasteiger partial charge in [0.05, 0.1) is 12.5 Å². The van der Waals surface area contributed by atoms with Crippen molar-refractivity contribution in [2.24, 2.45) is 0 Å². The number of halogens is 1. The van der Waals surface area contributed by atoms with Crippen LogP contribution in [0.5, 0.6) is 0 Å². The van der Waals surface area contributed by atoms with Gasteiger partial charge in [0.25, 0.3) is 0 Å². The fourth-order valence-electron chi connectivity index (χ4n) is 2.25. The maximum absolute atomic E-state index is 14.3. The van der Waals surface area contributed by atoms with Gasteiger partial charge in [-0.3, -0.25) is 4.79 Å². The molecule has 1 heterocycles. The first-order chi connectivity index (χ1) is 10.2. The molecule has 0 saturated heterocycles. The molecule has 0 unspecified atom stereocenters. The number of carbonyl (C=O) groups excluding carboxylic acids is 1. The monoisotopic (exact) mass is 284 g/mol. The third kappa shape index (κ3) is 2.52. The van der Waals surface area contributed by atoms with Crippen LogP contribution < -0.4 is 0 Å². The SMILES string of the molecule is COC(=O)Cc1oc2ccc(-c3ccccc3)cc2c1F. The van der Waals surface area contributed by atoms with Gasteiger partial charge in [0, 0.05) is 0 Å². The second-order valence-electron chi connectivity index (χ2n) is 4.67. The van der Waals surface area contributed by atoms with Crippen molar-refractivity contribution in [3.8, 4) is 11.1 Å². The fourth-order valence-corrected chi connectivity index (χ4v) is 2.25. The summed E-state index contributed by atoms with van der Waals surface area (Å²) in [5.74, 6) is -1.04. The molecule has 0 atom stereocenters. The van der Waals surface area contributed by atoms with E-state index in [1.807, 2.05) is 36.4 Å². The Bertz CT molecular complexity index is 790. The molecule has 3 nitrogen and oxygen atoms in total. The van der Waals surface area contributed by atoms with Crippen LogP contribution in [-0.2, 0) is 16.0 Å². The Balaban J connectivity index is 2.06. The number of benzene rings is 2. The molecule has 0 bridgehead atoms. The van der Waals surface area contributed by atoms with Crippen molar-refractivity contribution < 1.29 is 18.3 Å². The van der Waals surface area contributed by atoms with Crippen LogP contribution in [0.4, 0.5) is 4.39 Å². The standard InChI is InChI=1S/C17H13FO3/c1-20-16(19)10-15-17(18)13-9-12(7-8-14(13)21-15)11-5-3-2-4-6-11/h2-9H,10H2,1H3. The fraction of sp³-hybridized carbons (Fsp3) is 0.118. The molecule has 3 aromatic rings. The molecule has 1 aromatic heterocycles. The molecule has 106 valence electrons. The summed E-state index contributed by atoms with van der Waals surface area (Å²) in [6.07, 6.45) is -0.211. The van der Waals surface area contributed by atoms with Crippen molar-refractivity contribution in [3.05, 3.63) is 60.1 Å². The van der Waals surface area contributed by atoms with E-state index in [0.717, 1.165) is 11.1 Å². The number of rotatable bonds is 3. The summed E-state index contributed by atoms with van der Waals surface area (Å²) in [6.45, 7) is 0. The van der Waals surface area contributed by atoms with Crippen molar-refractivity contribution in [1.82, 2.24) is 0 Å². The van der Waals surface area contributed by atoms with Crippen LogP contribution in [-0.4, -0.2) is 13.1 Å². The quantitative estimate of drug-likeness (QED) is 0.683. The predicted molar refractivity (Wildman–Crippen MR) is 77.3 cm³/mol. The molecule has 0 radical (unpaired) electrons. The molecule has 0 amide bonds. The van der Waals surface area contributed by atoms with Crippen molar-refractivity contribution in [3.63, 3.8) is 0 Å². The molecule has 2 aromatic carbocycles. The summed E-state index contributed by atoms with van der Waals surface area (Å²) in [5, 5.41) is 0.371. The Hall–Kier alpha value is -2.62. The summed E-state index contributed by atoms with van der Waals surface area (Å²) in [6, 6.07) is 15.0. The molecule has 4 heteroatoms. The first kappa shape index (κ1) is 13.4. The van der Waals surface area contributed by atoms with E-state index in [-0.39, 0.29) is 12.2 Å². The molecule has 0 aliphatic carbocycles. The highest BCUT2D eigenvalue weighted by Gasteiger charge is 2.17. The number of fused-ring (bicyclic) bond motifs is 1. The van der Waals surface area contributed by atoms with E-state index in [2.05, 4.69) is 4.74 Å². The number of hydrogen-bond donors (Lipinski definition) is 0. The van der Waals surface area contributed by atoms with Crippen LogP contribution in [0.15, 0.2) is 52.9 Å². The van der Waals surface area contributed by atoms with Crippen molar-refractivity contribution >= 4 is 16.9 Å². The third-order valence-electron chi connectivity index (χ3n) is 3.33. The number of furan rings is 1. The summed E-state index contributed by atoms with van der Waals surface area (Å²) in [5.41, 5.74) is 2.31. The Morgan fingerprint density at radius 3 is 2.62 bits per heavy atom. The van der Waals surface area contributed by atoms with Gasteiger partial charge in [-0.15, -0.1) is 0 Å². The molecule has 0 saturated carbocycles. The first-order valence-corrected chi connectivity index (χ1v) is 6.52. The van der Waals surface area contributed by atoms with Crippen molar-refractivity contribution in [2.45, 2.75) is 6.42 Å². The largest absolute Gasteiger partial charge is 0.469 e. The van der Waals surface area contributed by atoms with Crippen LogP contribution in [0.25, 0.3) is 22.1 Å². The van der Waals surface area contributed by atoms with Crippen molar-refractivity contribution in [1.29, 1.82) is 0 Å². The maximum atomic E-state index is 14.3. The Morgan fingerprint density at radius 1 is 1.14 bits per heavy atom. The van der Waals surface area contributed by atoms with Gasteiger partial charge < -0.3 is 9.15 Å². The number of ether oxygens (including phenoxy) is 1. The summed E-state index contributed by atoms with van der Waals surface area (Å²) >= 11 is 0. The molecule has 3 rings (SSSR count). The smallest absolute Gasteiger partial charge is 0.313 e. The van der Waals surface area contributed by atoms with E-state index in [0.29, 0.717) is 11.0 Å². The molecule has 0 aliphatic heterocycles. The van der Waals surface area contributed by atoms with E-state index in [9.17, 15) is 9.18 Å². The minimum Gasteiger partial charge on any atom is -0.469 e. The topological polar surface area (TPSA) is 39.4 Å². The zero-order chi connectivity index (χ0) is 14.8. The molecule has 0 fully saturated rings. The number of carbonyl (C=O) groups is 1. The summed E-state index contributed by atoms with van der Waals surface area (Å²) in [4.78, 5) is 11.2. The predicted octanol–water partition coefficient (Wildman–Crippen LogP) is 3.95. The highest BCUT2D eigenvalue weighted by Crippen LogP contribution is 2.29. The highest BCUT2D eigenvalue weighted by molar-refractivity contribution is 5.85. The summed E-state index contributed by atoms with van der Waals surface area (Å²) < 4.78 is 24.2. The zero-order valence-corrected chi connectivity index (χ0v) is 11.4. The lowest BCUT2D eigenvalue weighted by atomic mass is 10.0. The molecular formula is C17H13FO3. The van der Waals surface area contributed by atoms with E-state index in [1.54, 1.807) is 12.1 Å². The summed E-state index contributed by atoms with van der Waals surface area (Å²) in [7, 11) is 1.26. The highest BCUT2D eigenvalue weighted by atomic mass is 19.1. The van der Waals surface area contributed by atoms with Crippen LogP contribution in [0, 0.1) is 5.82 Å².